The van der Waals surface area contributed by atoms with Crippen LogP contribution in [0.15, 0.2) is 29.2 Å². The van der Waals surface area contributed by atoms with Crippen LogP contribution in [0.5, 0.6) is 0 Å². The van der Waals surface area contributed by atoms with Gasteiger partial charge in [0.15, 0.2) is 0 Å². The molecule has 0 bridgehead atoms. The van der Waals surface area contributed by atoms with E-state index in [9.17, 15) is 17.6 Å². The Bertz CT molecular complexity index is 810. The topological polar surface area (TPSA) is 60.9 Å². The molecule has 8 heteroatoms. The average Bonchev–Trinajstić information content (AvgIpc) is 3.00. The predicted molar refractivity (Wildman–Crippen MR) is 120 cm³/mol. The molecule has 1 aromatic carbocycles. The van der Waals surface area contributed by atoms with E-state index in [0.717, 1.165) is 57.2 Å². The summed E-state index contributed by atoms with van der Waals surface area (Å²) in [7, 11) is -2.17. The van der Waals surface area contributed by atoms with Gasteiger partial charge >= 0.3 is 0 Å². The standard InChI is InChI=1S/C23H36FN3O3S/c1-25(31(29,30)22-12-10-21(24)11-13-22)14-5-9-23(28)27-16-6-15-26(17-18-27)19-20-7-3-2-4-8-20/h10-13,20H,2-9,14-19H2,1H3. The number of amides is 1. The molecule has 1 aliphatic carbocycles. The second-order valence-corrected chi connectivity index (χ2v) is 11.0. The second kappa shape index (κ2) is 11.4. The van der Waals surface area contributed by atoms with Gasteiger partial charge in [-0.2, -0.15) is 0 Å². The van der Waals surface area contributed by atoms with Gasteiger partial charge in [-0.25, -0.2) is 17.1 Å². The molecular formula is C23H36FN3O3S. The van der Waals surface area contributed by atoms with Crippen LogP contribution < -0.4 is 0 Å². The molecule has 0 radical (unpaired) electrons. The monoisotopic (exact) mass is 453 g/mol. The van der Waals surface area contributed by atoms with E-state index < -0.39 is 15.8 Å². The van der Waals surface area contributed by atoms with Crippen molar-refractivity contribution in [2.24, 2.45) is 5.92 Å². The van der Waals surface area contributed by atoms with Crippen molar-refractivity contribution >= 4 is 15.9 Å². The first-order chi connectivity index (χ1) is 14.9. The lowest BCUT2D eigenvalue weighted by Crippen LogP contribution is -2.37. The smallest absolute Gasteiger partial charge is 0.242 e. The summed E-state index contributed by atoms with van der Waals surface area (Å²) in [5.41, 5.74) is 0. The SMILES string of the molecule is CN(CCCC(=O)N1CCCN(CC2CCCCC2)CC1)S(=O)(=O)c1ccc(F)cc1. The summed E-state index contributed by atoms with van der Waals surface area (Å²) in [6.45, 7) is 4.94. The summed E-state index contributed by atoms with van der Waals surface area (Å²) >= 11 is 0. The van der Waals surface area contributed by atoms with E-state index in [2.05, 4.69) is 4.90 Å². The number of benzene rings is 1. The molecule has 3 rings (SSSR count). The van der Waals surface area contributed by atoms with Crippen molar-refractivity contribution in [2.75, 3.05) is 46.3 Å². The first-order valence-corrected chi connectivity index (χ1v) is 13.0. The first-order valence-electron chi connectivity index (χ1n) is 11.6. The highest BCUT2D eigenvalue weighted by Crippen LogP contribution is 2.25. The number of sulfonamides is 1. The molecule has 1 aliphatic heterocycles. The van der Waals surface area contributed by atoms with Gasteiger partial charge in [-0.3, -0.25) is 4.79 Å². The van der Waals surface area contributed by atoms with Gasteiger partial charge in [0.05, 0.1) is 4.90 Å². The third-order valence-corrected chi connectivity index (χ3v) is 8.44. The van der Waals surface area contributed by atoms with Crippen molar-refractivity contribution in [1.29, 1.82) is 0 Å². The van der Waals surface area contributed by atoms with Gasteiger partial charge in [-0.15, -0.1) is 0 Å². The number of hydrogen-bond acceptors (Lipinski definition) is 4. The maximum Gasteiger partial charge on any atom is 0.242 e. The zero-order valence-electron chi connectivity index (χ0n) is 18.6. The van der Waals surface area contributed by atoms with Crippen LogP contribution in [0.1, 0.15) is 51.4 Å². The first kappa shape index (κ1) is 24.1. The largest absolute Gasteiger partial charge is 0.341 e. The van der Waals surface area contributed by atoms with Crippen molar-refractivity contribution in [1.82, 2.24) is 14.1 Å². The normalized spacial score (nSPS) is 19.5. The molecule has 1 amide bonds. The van der Waals surface area contributed by atoms with Gasteiger partial charge in [0, 0.05) is 46.2 Å². The Kier molecular flexibility index (Phi) is 8.86. The number of hydrogen-bond donors (Lipinski definition) is 0. The lowest BCUT2D eigenvalue weighted by atomic mass is 9.89. The Hall–Kier alpha value is -1.51. The van der Waals surface area contributed by atoms with Crippen LogP contribution >= 0.6 is 0 Å². The zero-order valence-corrected chi connectivity index (χ0v) is 19.5. The lowest BCUT2D eigenvalue weighted by Gasteiger charge is -2.28. The molecule has 31 heavy (non-hydrogen) atoms. The molecule has 1 heterocycles. The van der Waals surface area contributed by atoms with Gasteiger partial charge in [0.2, 0.25) is 15.9 Å². The second-order valence-electron chi connectivity index (χ2n) is 8.92. The Balaban J connectivity index is 1.41. The van der Waals surface area contributed by atoms with Crippen LogP contribution in [0, 0.1) is 11.7 Å². The molecule has 1 saturated carbocycles. The van der Waals surface area contributed by atoms with Crippen LogP contribution in [-0.2, 0) is 14.8 Å². The molecule has 2 aliphatic rings. The summed E-state index contributed by atoms with van der Waals surface area (Å²) in [5.74, 6) is 0.448. The fourth-order valence-corrected chi connectivity index (χ4v) is 5.86. The summed E-state index contributed by atoms with van der Waals surface area (Å²) in [6.07, 6.45) is 8.57. The molecule has 174 valence electrons. The van der Waals surface area contributed by atoms with Gasteiger partial charge in [0.25, 0.3) is 0 Å². The molecule has 1 saturated heterocycles. The minimum Gasteiger partial charge on any atom is -0.341 e. The maximum atomic E-state index is 13.1. The summed E-state index contributed by atoms with van der Waals surface area (Å²) < 4.78 is 39.4. The fourth-order valence-electron chi connectivity index (χ4n) is 4.66. The zero-order chi connectivity index (χ0) is 22.3. The summed E-state index contributed by atoms with van der Waals surface area (Å²) in [5, 5.41) is 0. The number of carbonyl (C=O) groups is 1. The highest BCUT2D eigenvalue weighted by molar-refractivity contribution is 7.89. The van der Waals surface area contributed by atoms with Crippen molar-refractivity contribution in [3.05, 3.63) is 30.1 Å². The van der Waals surface area contributed by atoms with Gasteiger partial charge in [-0.1, -0.05) is 19.3 Å². The van der Waals surface area contributed by atoms with Crippen molar-refractivity contribution in [3.8, 4) is 0 Å². The van der Waals surface area contributed by atoms with Gasteiger partial charge < -0.3 is 9.80 Å². The Morgan fingerprint density at radius 1 is 1.03 bits per heavy atom. The maximum absolute atomic E-state index is 13.1. The minimum atomic E-state index is -3.67. The van der Waals surface area contributed by atoms with E-state index >= 15 is 0 Å². The summed E-state index contributed by atoms with van der Waals surface area (Å²) in [4.78, 5) is 17.2. The van der Waals surface area contributed by atoms with Crippen molar-refractivity contribution < 1.29 is 17.6 Å². The van der Waals surface area contributed by atoms with E-state index in [1.165, 1.54) is 55.6 Å². The van der Waals surface area contributed by atoms with E-state index in [1.807, 2.05) is 4.90 Å². The van der Waals surface area contributed by atoms with Crippen LogP contribution in [0.25, 0.3) is 0 Å². The highest BCUT2D eigenvalue weighted by atomic mass is 32.2. The Morgan fingerprint density at radius 2 is 1.74 bits per heavy atom. The lowest BCUT2D eigenvalue weighted by molar-refractivity contribution is -0.131. The Morgan fingerprint density at radius 3 is 2.45 bits per heavy atom. The molecule has 0 atom stereocenters. The fraction of sp³-hybridized carbons (Fsp3) is 0.696. The van der Waals surface area contributed by atoms with E-state index in [0.29, 0.717) is 12.8 Å². The van der Waals surface area contributed by atoms with Crippen LogP contribution in [0.4, 0.5) is 4.39 Å². The molecule has 2 fully saturated rings. The number of carbonyl (C=O) groups excluding carboxylic acids is 1. The van der Waals surface area contributed by atoms with E-state index in [-0.39, 0.29) is 17.3 Å². The average molecular weight is 454 g/mol. The molecule has 0 aromatic heterocycles. The Labute approximate surface area is 186 Å². The molecule has 0 spiro atoms. The number of rotatable bonds is 8. The van der Waals surface area contributed by atoms with Crippen LogP contribution in [0.3, 0.4) is 0 Å². The third-order valence-electron chi connectivity index (χ3n) is 6.57. The van der Waals surface area contributed by atoms with Crippen molar-refractivity contribution in [2.45, 2.75) is 56.3 Å². The molecular weight excluding hydrogens is 417 g/mol. The van der Waals surface area contributed by atoms with E-state index in [1.54, 1.807) is 0 Å². The number of nitrogens with zero attached hydrogens (tertiary/aromatic N) is 3. The van der Waals surface area contributed by atoms with Crippen LogP contribution in [-0.4, -0.2) is 74.7 Å². The predicted octanol–water partition coefficient (Wildman–Crippen LogP) is 3.34. The van der Waals surface area contributed by atoms with Crippen molar-refractivity contribution in [3.63, 3.8) is 0 Å². The number of halogens is 1. The molecule has 6 nitrogen and oxygen atoms in total. The van der Waals surface area contributed by atoms with Gasteiger partial charge in [0.1, 0.15) is 5.82 Å². The van der Waals surface area contributed by atoms with E-state index in [4.69, 9.17) is 0 Å². The third kappa shape index (κ3) is 6.99. The van der Waals surface area contributed by atoms with Crippen LogP contribution in [0.2, 0.25) is 0 Å². The quantitative estimate of drug-likeness (QED) is 0.606. The highest BCUT2D eigenvalue weighted by Gasteiger charge is 2.24. The summed E-state index contributed by atoms with van der Waals surface area (Å²) in [6, 6.07) is 4.81. The minimum absolute atomic E-state index is 0.0632. The molecule has 0 N–H and O–H groups in total. The van der Waals surface area contributed by atoms with Gasteiger partial charge in [-0.05, 0) is 62.4 Å². The molecule has 0 unspecified atom stereocenters. The molecule has 1 aromatic rings.